The Labute approximate surface area is 119 Å². The lowest BCUT2D eigenvalue weighted by Gasteiger charge is -2.14. The van der Waals surface area contributed by atoms with E-state index >= 15 is 0 Å². The minimum absolute atomic E-state index is 0.431. The van der Waals surface area contributed by atoms with Crippen molar-refractivity contribution in [1.29, 1.82) is 0 Å². The second-order valence-electron chi connectivity index (χ2n) is 4.72. The Morgan fingerprint density at radius 3 is 2.50 bits per heavy atom. The van der Waals surface area contributed by atoms with E-state index in [2.05, 4.69) is 17.1 Å². The minimum atomic E-state index is 0.431. The van der Waals surface area contributed by atoms with E-state index in [9.17, 15) is 0 Å². The van der Waals surface area contributed by atoms with Crippen molar-refractivity contribution in [2.24, 2.45) is 5.73 Å². The molecule has 4 heteroatoms. The third kappa shape index (κ3) is 3.08. The molecule has 0 aliphatic carbocycles. The van der Waals surface area contributed by atoms with Crippen LogP contribution >= 0.6 is 0 Å². The van der Waals surface area contributed by atoms with Gasteiger partial charge in [-0.05, 0) is 42.7 Å². The molecule has 0 aliphatic heterocycles. The van der Waals surface area contributed by atoms with Crippen LogP contribution in [0.15, 0.2) is 30.5 Å². The average Bonchev–Trinajstić information content (AvgIpc) is 2.46. The normalized spacial score (nSPS) is 10.4. The van der Waals surface area contributed by atoms with Crippen LogP contribution in [-0.4, -0.2) is 12.1 Å². The van der Waals surface area contributed by atoms with Crippen LogP contribution in [-0.2, 0) is 13.2 Å². The van der Waals surface area contributed by atoms with Gasteiger partial charge in [-0.2, -0.15) is 0 Å². The van der Waals surface area contributed by atoms with Crippen molar-refractivity contribution in [2.45, 2.75) is 27.0 Å². The van der Waals surface area contributed by atoms with Crippen LogP contribution in [0.1, 0.15) is 22.3 Å². The molecule has 2 rings (SSSR count). The number of rotatable bonds is 5. The van der Waals surface area contributed by atoms with Gasteiger partial charge in [0.1, 0.15) is 12.4 Å². The zero-order valence-corrected chi connectivity index (χ0v) is 12.1. The Bertz CT molecular complexity index is 574. The molecule has 4 nitrogen and oxygen atoms in total. The quantitative estimate of drug-likeness (QED) is 0.909. The molecule has 0 amide bonds. The molecule has 0 unspecified atom stereocenters. The van der Waals surface area contributed by atoms with E-state index in [-0.39, 0.29) is 0 Å². The van der Waals surface area contributed by atoms with Crippen molar-refractivity contribution >= 4 is 0 Å². The number of aryl methyl sites for hydroxylation is 2. The van der Waals surface area contributed by atoms with Gasteiger partial charge in [0.05, 0.1) is 12.7 Å². The molecule has 20 heavy (non-hydrogen) atoms. The third-order valence-corrected chi connectivity index (χ3v) is 3.17. The number of hydrogen-bond acceptors (Lipinski definition) is 4. The Kier molecular flexibility index (Phi) is 4.58. The van der Waals surface area contributed by atoms with Gasteiger partial charge in [-0.3, -0.25) is 0 Å². The second kappa shape index (κ2) is 6.39. The SMILES string of the molecule is COc1ncccc1COc1c(C)cc(CN)cc1C. The van der Waals surface area contributed by atoms with Gasteiger partial charge in [-0.25, -0.2) is 4.98 Å². The van der Waals surface area contributed by atoms with E-state index in [1.165, 1.54) is 0 Å². The van der Waals surface area contributed by atoms with E-state index in [0.717, 1.165) is 28.0 Å². The molecule has 0 radical (unpaired) electrons. The van der Waals surface area contributed by atoms with Gasteiger partial charge in [0.25, 0.3) is 0 Å². The molecule has 0 saturated heterocycles. The lowest BCUT2D eigenvalue weighted by Crippen LogP contribution is -2.04. The molecule has 0 bridgehead atoms. The van der Waals surface area contributed by atoms with Gasteiger partial charge >= 0.3 is 0 Å². The molecule has 2 aromatic rings. The Morgan fingerprint density at radius 1 is 1.20 bits per heavy atom. The predicted molar refractivity (Wildman–Crippen MR) is 78.9 cm³/mol. The summed E-state index contributed by atoms with van der Waals surface area (Å²) < 4.78 is 11.2. The van der Waals surface area contributed by atoms with Crippen molar-refractivity contribution in [2.75, 3.05) is 7.11 Å². The molecule has 0 saturated carbocycles. The van der Waals surface area contributed by atoms with Gasteiger partial charge in [0, 0.05) is 12.7 Å². The average molecular weight is 272 g/mol. The van der Waals surface area contributed by atoms with Crippen LogP contribution in [0.2, 0.25) is 0 Å². The number of ether oxygens (including phenoxy) is 2. The van der Waals surface area contributed by atoms with Crippen molar-refractivity contribution in [3.05, 3.63) is 52.7 Å². The van der Waals surface area contributed by atoms with Crippen LogP contribution in [0, 0.1) is 13.8 Å². The highest BCUT2D eigenvalue weighted by atomic mass is 16.5. The summed E-state index contributed by atoms with van der Waals surface area (Å²) in [4.78, 5) is 4.16. The number of pyridine rings is 1. The van der Waals surface area contributed by atoms with Crippen molar-refractivity contribution < 1.29 is 9.47 Å². The van der Waals surface area contributed by atoms with Crippen molar-refractivity contribution in [3.8, 4) is 11.6 Å². The summed E-state index contributed by atoms with van der Waals surface area (Å²) >= 11 is 0. The number of benzene rings is 1. The molecule has 2 N–H and O–H groups in total. The fourth-order valence-corrected chi connectivity index (χ4v) is 2.25. The van der Waals surface area contributed by atoms with Crippen molar-refractivity contribution in [3.63, 3.8) is 0 Å². The smallest absolute Gasteiger partial charge is 0.219 e. The Balaban J connectivity index is 2.19. The zero-order chi connectivity index (χ0) is 14.5. The summed E-state index contributed by atoms with van der Waals surface area (Å²) in [7, 11) is 1.61. The number of hydrogen-bond donors (Lipinski definition) is 1. The number of aromatic nitrogens is 1. The first kappa shape index (κ1) is 14.3. The maximum atomic E-state index is 5.93. The molecule has 1 heterocycles. The van der Waals surface area contributed by atoms with Crippen LogP contribution in [0.4, 0.5) is 0 Å². The summed E-state index contributed by atoms with van der Waals surface area (Å²) in [5.41, 5.74) is 9.90. The molecule has 0 fully saturated rings. The molecule has 0 atom stereocenters. The van der Waals surface area contributed by atoms with Crippen molar-refractivity contribution in [1.82, 2.24) is 4.98 Å². The third-order valence-electron chi connectivity index (χ3n) is 3.17. The summed E-state index contributed by atoms with van der Waals surface area (Å²) in [5, 5.41) is 0. The zero-order valence-electron chi connectivity index (χ0n) is 12.1. The lowest BCUT2D eigenvalue weighted by atomic mass is 10.1. The topological polar surface area (TPSA) is 57.4 Å². The number of nitrogens with two attached hydrogens (primary N) is 1. The van der Waals surface area contributed by atoms with E-state index < -0.39 is 0 Å². The maximum absolute atomic E-state index is 5.93. The van der Waals surface area contributed by atoms with Gasteiger partial charge in [-0.1, -0.05) is 12.1 Å². The molecule has 0 aliphatic rings. The first-order chi connectivity index (χ1) is 9.65. The van der Waals surface area contributed by atoms with Crippen LogP contribution in [0.25, 0.3) is 0 Å². The monoisotopic (exact) mass is 272 g/mol. The summed E-state index contributed by atoms with van der Waals surface area (Å²) in [6.45, 7) is 5.03. The summed E-state index contributed by atoms with van der Waals surface area (Å²) in [5.74, 6) is 1.49. The summed E-state index contributed by atoms with van der Waals surface area (Å²) in [6.07, 6.45) is 1.70. The van der Waals surface area contributed by atoms with Crippen LogP contribution < -0.4 is 15.2 Å². The van der Waals surface area contributed by atoms with Gasteiger partial charge in [-0.15, -0.1) is 0 Å². The fourth-order valence-electron chi connectivity index (χ4n) is 2.25. The summed E-state index contributed by atoms with van der Waals surface area (Å²) in [6, 6.07) is 7.94. The first-order valence-corrected chi connectivity index (χ1v) is 6.56. The van der Waals surface area contributed by atoms with Gasteiger partial charge in [0.15, 0.2) is 0 Å². The molecule has 1 aromatic heterocycles. The number of nitrogens with zero attached hydrogens (tertiary/aromatic N) is 1. The van der Waals surface area contributed by atoms with E-state index in [1.807, 2.05) is 26.0 Å². The highest BCUT2D eigenvalue weighted by molar-refractivity contribution is 5.43. The van der Waals surface area contributed by atoms with E-state index in [4.69, 9.17) is 15.2 Å². The molecule has 0 spiro atoms. The standard InChI is InChI=1S/C16H20N2O2/c1-11-7-13(9-17)8-12(2)15(11)20-10-14-5-4-6-18-16(14)19-3/h4-8H,9-10,17H2,1-3H3. The molecule has 1 aromatic carbocycles. The Morgan fingerprint density at radius 2 is 1.90 bits per heavy atom. The lowest BCUT2D eigenvalue weighted by molar-refractivity contribution is 0.290. The highest BCUT2D eigenvalue weighted by Gasteiger charge is 2.09. The molecular weight excluding hydrogens is 252 g/mol. The van der Waals surface area contributed by atoms with Gasteiger partial charge < -0.3 is 15.2 Å². The predicted octanol–water partition coefficient (Wildman–Crippen LogP) is 2.74. The largest absolute Gasteiger partial charge is 0.488 e. The fraction of sp³-hybridized carbons (Fsp3) is 0.312. The van der Waals surface area contributed by atoms with Gasteiger partial charge in [0.2, 0.25) is 5.88 Å². The maximum Gasteiger partial charge on any atom is 0.219 e. The molecule has 106 valence electrons. The highest BCUT2D eigenvalue weighted by Crippen LogP contribution is 2.26. The van der Waals surface area contributed by atoms with E-state index in [0.29, 0.717) is 19.0 Å². The number of methoxy groups -OCH3 is 1. The van der Waals surface area contributed by atoms with Crippen LogP contribution in [0.5, 0.6) is 11.6 Å². The van der Waals surface area contributed by atoms with Crippen LogP contribution in [0.3, 0.4) is 0 Å². The molecular formula is C16H20N2O2. The van der Waals surface area contributed by atoms with E-state index in [1.54, 1.807) is 13.3 Å². The Hall–Kier alpha value is -2.07. The first-order valence-electron chi connectivity index (χ1n) is 6.56. The minimum Gasteiger partial charge on any atom is -0.488 e. The second-order valence-corrected chi connectivity index (χ2v) is 4.72.